The number of anilines is 1. The molecule has 0 spiro atoms. The number of carbonyl (C=O) groups is 1. The average Bonchev–Trinajstić information content (AvgIpc) is 2.96. The van der Waals surface area contributed by atoms with Crippen LogP contribution >= 0.6 is 0 Å². The maximum absolute atomic E-state index is 12.0. The van der Waals surface area contributed by atoms with Gasteiger partial charge in [0.1, 0.15) is 4.90 Å². The molecular formula is C10H17N5O3S. The largest absolute Gasteiger partial charge is 0.381 e. The number of hydrogen-bond donors (Lipinski definition) is 2. The van der Waals surface area contributed by atoms with Crippen LogP contribution in [0.4, 0.5) is 5.82 Å². The Labute approximate surface area is 111 Å². The zero-order valence-corrected chi connectivity index (χ0v) is 11.5. The summed E-state index contributed by atoms with van der Waals surface area (Å²) in [6.07, 6.45) is 3.24. The van der Waals surface area contributed by atoms with E-state index in [1.54, 1.807) is 11.9 Å². The molecule has 0 atom stereocenters. The Morgan fingerprint density at radius 2 is 2.11 bits per heavy atom. The van der Waals surface area contributed by atoms with Crippen LogP contribution in [0.1, 0.15) is 12.8 Å². The second kappa shape index (κ2) is 5.17. The molecule has 2 rings (SSSR count). The van der Waals surface area contributed by atoms with Crippen LogP contribution in [0.15, 0.2) is 11.1 Å². The second-order valence-corrected chi connectivity index (χ2v) is 6.20. The molecule has 1 aromatic heterocycles. The third-order valence-corrected chi connectivity index (χ3v) is 4.40. The van der Waals surface area contributed by atoms with Gasteiger partial charge >= 0.3 is 0 Å². The molecule has 0 unspecified atom stereocenters. The first-order valence-electron chi connectivity index (χ1n) is 5.97. The van der Waals surface area contributed by atoms with Crippen molar-refractivity contribution in [1.82, 2.24) is 19.4 Å². The summed E-state index contributed by atoms with van der Waals surface area (Å²) in [6.45, 7) is 1.13. The van der Waals surface area contributed by atoms with Gasteiger partial charge in [0.15, 0.2) is 5.82 Å². The summed E-state index contributed by atoms with van der Waals surface area (Å²) in [5.41, 5.74) is 5.51. The third-order valence-electron chi connectivity index (χ3n) is 2.98. The summed E-state index contributed by atoms with van der Waals surface area (Å²) in [5.74, 6) is -0.299. The SMILES string of the molecule is Cn1cc(S(=O)(=O)NCC(=O)N2CCCC2)c(N)n1. The van der Waals surface area contributed by atoms with Crippen molar-refractivity contribution in [3.8, 4) is 0 Å². The lowest BCUT2D eigenvalue weighted by atomic mass is 10.4. The molecule has 9 heteroatoms. The Hall–Kier alpha value is -1.61. The lowest BCUT2D eigenvalue weighted by Gasteiger charge is -2.15. The number of sulfonamides is 1. The number of hydrogen-bond acceptors (Lipinski definition) is 5. The van der Waals surface area contributed by atoms with Gasteiger partial charge in [0.25, 0.3) is 0 Å². The van der Waals surface area contributed by atoms with E-state index in [1.807, 2.05) is 0 Å². The van der Waals surface area contributed by atoms with Gasteiger partial charge in [-0.2, -0.15) is 5.10 Å². The Morgan fingerprint density at radius 3 is 2.63 bits per heavy atom. The topological polar surface area (TPSA) is 110 Å². The predicted molar refractivity (Wildman–Crippen MR) is 68.6 cm³/mol. The lowest BCUT2D eigenvalue weighted by molar-refractivity contribution is -0.128. The molecular weight excluding hydrogens is 270 g/mol. The lowest BCUT2D eigenvalue weighted by Crippen LogP contribution is -2.38. The van der Waals surface area contributed by atoms with E-state index in [1.165, 1.54) is 10.9 Å². The van der Waals surface area contributed by atoms with Gasteiger partial charge in [0.2, 0.25) is 15.9 Å². The van der Waals surface area contributed by atoms with Crippen molar-refractivity contribution < 1.29 is 13.2 Å². The van der Waals surface area contributed by atoms with Crippen LogP contribution in [-0.2, 0) is 21.9 Å². The fraction of sp³-hybridized carbons (Fsp3) is 0.600. The number of nitrogens with two attached hydrogens (primary N) is 1. The molecule has 1 aliphatic heterocycles. The zero-order chi connectivity index (χ0) is 14.0. The number of rotatable bonds is 4. The average molecular weight is 287 g/mol. The molecule has 1 fully saturated rings. The Morgan fingerprint density at radius 1 is 1.47 bits per heavy atom. The molecule has 8 nitrogen and oxygen atoms in total. The van der Waals surface area contributed by atoms with Gasteiger partial charge in [-0.25, -0.2) is 13.1 Å². The maximum atomic E-state index is 12.0. The van der Waals surface area contributed by atoms with E-state index in [0.29, 0.717) is 13.1 Å². The number of amides is 1. The highest BCUT2D eigenvalue weighted by atomic mass is 32.2. The monoisotopic (exact) mass is 287 g/mol. The number of aromatic nitrogens is 2. The maximum Gasteiger partial charge on any atom is 0.246 e. The van der Waals surface area contributed by atoms with Crippen molar-refractivity contribution in [2.75, 3.05) is 25.4 Å². The summed E-state index contributed by atoms with van der Waals surface area (Å²) in [7, 11) is -2.23. The fourth-order valence-electron chi connectivity index (χ4n) is 2.00. The van der Waals surface area contributed by atoms with Gasteiger partial charge in [0, 0.05) is 26.3 Å². The van der Waals surface area contributed by atoms with Crippen molar-refractivity contribution in [2.45, 2.75) is 17.7 Å². The normalized spacial score (nSPS) is 15.9. The Bertz CT molecular complexity index is 574. The molecule has 2 heterocycles. The van der Waals surface area contributed by atoms with Crippen LogP contribution in [0, 0.1) is 0 Å². The first kappa shape index (κ1) is 13.8. The van der Waals surface area contributed by atoms with E-state index in [0.717, 1.165) is 12.8 Å². The molecule has 1 saturated heterocycles. The molecule has 1 aliphatic rings. The Kier molecular flexibility index (Phi) is 3.76. The van der Waals surface area contributed by atoms with Crippen LogP contribution in [0.5, 0.6) is 0 Å². The molecule has 106 valence electrons. The van der Waals surface area contributed by atoms with Crippen LogP contribution in [0.25, 0.3) is 0 Å². The highest BCUT2D eigenvalue weighted by Gasteiger charge is 2.24. The summed E-state index contributed by atoms with van der Waals surface area (Å²) in [6, 6.07) is 0. The van der Waals surface area contributed by atoms with Crippen molar-refractivity contribution >= 4 is 21.7 Å². The molecule has 3 N–H and O–H groups in total. The van der Waals surface area contributed by atoms with E-state index in [-0.39, 0.29) is 23.2 Å². The number of carbonyl (C=O) groups excluding carboxylic acids is 1. The van der Waals surface area contributed by atoms with Gasteiger partial charge in [-0.15, -0.1) is 0 Å². The van der Waals surface area contributed by atoms with Gasteiger partial charge in [-0.1, -0.05) is 0 Å². The molecule has 19 heavy (non-hydrogen) atoms. The number of likely N-dealkylation sites (tertiary alicyclic amines) is 1. The van der Waals surface area contributed by atoms with E-state index in [2.05, 4.69) is 9.82 Å². The van der Waals surface area contributed by atoms with Crippen molar-refractivity contribution in [1.29, 1.82) is 0 Å². The van der Waals surface area contributed by atoms with Crippen molar-refractivity contribution in [2.24, 2.45) is 7.05 Å². The highest BCUT2D eigenvalue weighted by molar-refractivity contribution is 7.89. The molecule has 0 aliphatic carbocycles. The van der Waals surface area contributed by atoms with E-state index >= 15 is 0 Å². The number of nitrogens with zero attached hydrogens (tertiary/aromatic N) is 3. The third kappa shape index (κ3) is 3.04. The molecule has 0 bridgehead atoms. The first-order chi connectivity index (χ1) is 8.90. The first-order valence-corrected chi connectivity index (χ1v) is 7.45. The highest BCUT2D eigenvalue weighted by Crippen LogP contribution is 2.15. The van der Waals surface area contributed by atoms with Crippen molar-refractivity contribution in [3.63, 3.8) is 0 Å². The fourth-order valence-corrected chi connectivity index (χ4v) is 3.08. The standard InChI is InChI=1S/C10H17N5O3S/c1-14-7-8(10(11)13-14)19(17,18)12-6-9(16)15-4-2-3-5-15/h7,12H,2-6H2,1H3,(H2,11,13). The molecule has 0 aromatic carbocycles. The summed E-state index contributed by atoms with van der Waals surface area (Å²) in [5, 5.41) is 3.76. The second-order valence-electron chi connectivity index (χ2n) is 4.46. The predicted octanol–water partition coefficient (Wildman–Crippen LogP) is -1.10. The van der Waals surface area contributed by atoms with Crippen molar-refractivity contribution in [3.05, 3.63) is 6.20 Å². The summed E-state index contributed by atoms with van der Waals surface area (Å²) >= 11 is 0. The van der Waals surface area contributed by atoms with Gasteiger partial charge < -0.3 is 10.6 Å². The number of aryl methyl sites for hydroxylation is 1. The minimum atomic E-state index is -3.80. The molecule has 0 saturated carbocycles. The zero-order valence-electron chi connectivity index (χ0n) is 10.7. The number of nitrogen functional groups attached to an aromatic ring is 1. The molecule has 1 aromatic rings. The van der Waals surface area contributed by atoms with Crippen LogP contribution in [0.2, 0.25) is 0 Å². The Balaban J connectivity index is 2.01. The summed E-state index contributed by atoms with van der Waals surface area (Å²) in [4.78, 5) is 13.3. The van der Waals surface area contributed by atoms with Crippen LogP contribution in [-0.4, -0.2) is 48.6 Å². The smallest absolute Gasteiger partial charge is 0.246 e. The van der Waals surface area contributed by atoms with E-state index < -0.39 is 10.0 Å². The van der Waals surface area contributed by atoms with E-state index in [9.17, 15) is 13.2 Å². The number of nitrogens with one attached hydrogen (secondary N) is 1. The van der Waals surface area contributed by atoms with Crippen LogP contribution < -0.4 is 10.5 Å². The minimum Gasteiger partial charge on any atom is -0.381 e. The molecule has 1 amide bonds. The quantitative estimate of drug-likeness (QED) is 0.730. The van der Waals surface area contributed by atoms with Crippen LogP contribution in [0.3, 0.4) is 0 Å². The van der Waals surface area contributed by atoms with Gasteiger partial charge in [0.05, 0.1) is 6.54 Å². The van der Waals surface area contributed by atoms with Gasteiger partial charge in [-0.3, -0.25) is 9.48 Å². The van der Waals surface area contributed by atoms with E-state index in [4.69, 9.17) is 5.73 Å². The van der Waals surface area contributed by atoms with Gasteiger partial charge in [-0.05, 0) is 12.8 Å². The summed E-state index contributed by atoms with van der Waals surface area (Å²) < 4.78 is 27.5. The minimum absolute atomic E-state index is 0.0800. The molecule has 0 radical (unpaired) electrons.